The van der Waals surface area contributed by atoms with E-state index in [0.717, 1.165) is 5.56 Å². The summed E-state index contributed by atoms with van der Waals surface area (Å²) in [5.74, 6) is 1.05. The van der Waals surface area contributed by atoms with Crippen molar-refractivity contribution in [2.24, 2.45) is 0 Å². The smallest absolute Gasteiger partial charge is 0.222 e. The van der Waals surface area contributed by atoms with Gasteiger partial charge in [-0.25, -0.2) is 4.98 Å². The van der Waals surface area contributed by atoms with Gasteiger partial charge in [-0.3, -0.25) is 0 Å². The Morgan fingerprint density at radius 3 is 2.88 bits per heavy atom. The number of aromatic nitrogens is 1. The molecule has 82 valence electrons. The van der Waals surface area contributed by atoms with Crippen LogP contribution >= 0.6 is 11.6 Å². The van der Waals surface area contributed by atoms with Gasteiger partial charge in [0.25, 0.3) is 0 Å². The molecule has 0 amide bonds. The molecular weight excluding hydrogens is 224 g/mol. The minimum absolute atomic E-state index is 0.513. The average molecular weight is 235 g/mol. The number of nitrogen functional groups attached to an aromatic ring is 1. The van der Waals surface area contributed by atoms with Crippen LogP contribution in [0.15, 0.2) is 36.5 Å². The predicted molar refractivity (Wildman–Crippen MR) is 64.9 cm³/mol. The fourth-order valence-electron chi connectivity index (χ4n) is 1.28. The number of aryl methyl sites for hydroxylation is 1. The van der Waals surface area contributed by atoms with Gasteiger partial charge in [-0.05, 0) is 25.1 Å². The number of nitrogens with two attached hydrogens (primary N) is 1. The van der Waals surface area contributed by atoms with Gasteiger partial charge in [0.2, 0.25) is 5.88 Å². The highest BCUT2D eigenvalue weighted by Gasteiger charge is 2.06. The van der Waals surface area contributed by atoms with Crippen molar-refractivity contribution in [1.82, 2.24) is 4.98 Å². The first-order valence-corrected chi connectivity index (χ1v) is 5.19. The summed E-state index contributed by atoms with van der Waals surface area (Å²) < 4.78 is 5.60. The third-order valence-electron chi connectivity index (χ3n) is 2.12. The van der Waals surface area contributed by atoms with Crippen LogP contribution < -0.4 is 10.5 Å². The first-order chi connectivity index (χ1) is 7.66. The van der Waals surface area contributed by atoms with Crippen LogP contribution in [-0.2, 0) is 0 Å². The number of benzene rings is 1. The van der Waals surface area contributed by atoms with Crippen LogP contribution in [0.1, 0.15) is 5.56 Å². The summed E-state index contributed by atoms with van der Waals surface area (Å²) in [5.41, 5.74) is 7.21. The minimum atomic E-state index is 0.513. The fraction of sp³-hybridized carbons (Fsp3) is 0.0833. The summed E-state index contributed by atoms with van der Waals surface area (Å²) in [6.07, 6.45) is 1.67. The van der Waals surface area contributed by atoms with Crippen LogP contribution in [0.4, 0.5) is 5.69 Å². The molecule has 0 fully saturated rings. The van der Waals surface area contributed by atoms with E-state index in [1.54, 1.807) is 24.4 Å². The maximum Gasteiger partial charge on any atom is 0.222 e. The van der Waals surface area contributed by atoms with Gasteiger partial charge in [0, 0.05) is 23.5 Å². The largest absolute Gasteiger partial charge is 0.437 e. The Kier molecular flexibility index (Phi) is 2.97. The van der Waals surface area contributed by atoms with Crippen molar-refractivity contribution in [3.63, 3.8) is 0 Å². The maximum absolute atomic E-state index is 5.99. The summed E-state index contributed by atoms with van der Waals surface area (Å²) in [6, 6.07) is 8.87. The lowest BCUT2D eigenvalue weighted by Gasteiger charge is -2.08. The molecule has 0 unspecified atom stereocenters. The van der Waals surface area contributed by atoms with Gasteiger partial charge >= 0.3 is 0 Å². The highest BCUT2D eigenvalue weighted by molar-refractivity contribution is 6.32. The second-order valence-corrected chi connectivity index (χ2v) is 3.82. The Hall–Kier alpha value is -1.74. The van der Waals surface area contributed by atoms with Crippen molar-refractivity contribution in [1.29, 1.82) is 0 Å². The SMILES string of the molecule is Cc1cccnc1Oc1cc(N)ccc1Cl. The molecule has 0 saturated carbocycles. The lowest BCUT2D eigenvalue weighted by atomic mass is 10.3. The lowest BCUT2D eigenvalue weighted by molar-refractivity contribution is 0.459. The van der Waals surface area contributed by atoms with Crippen LogP contribution in [0.3, 0.4) is 0 Å². The number of nitrogens with zero attached hydrogens (tertiary/aromatic N) is 1. The molecular formula is C12H11ClN2O. The van der Waals surface area contributed by atoms with E-state index in [-0.39, 0.29) is 0 Å². The van der Waals surface area contributed by atoms with Crippen molar-refractivity contribution in [3.05, 3.63) is 47.1 Å². The monoisotopic (exact) mass is 234 g/mol. The number of ether oxygens (including phenoxy) is 1. The minimum Gasteiger partial charge on any atom is -0.437 e. The quantitative estimate of drug-likeness (QED) is 0.810. The summed E-state index contributed by atoms with van der Waals surface area (Å²) >= 11 is 5.99. The van der Waals surface area contributed by atoms with E-state index in [1.807, 2.05) is 19.1 Å². The van der Waals surface area contributed by atoms with E-state index in [2.05, 4.69) is 4.98 Å². The summed E-state index contributed by atoms with van der Waals surface area (Å²) in [6.45, 7) is 1.92. The predicted octanol–water partition coefficient (Wildman–Crippen LogP) is 3.42. The summed E-state index contributed by atoms with van der Waals surface area (Å²) in [5, 5.41) is 0.513. The number of hydrogen-bond acceptors (Lipinski definition) is 3. The molecule has 0 aliphatic rings. The van der Waals surface area contributed by atoms with E-state index in [1.165, 1.54) is 0 Å². The summed E-state index contributed by atoms with van der Waals surface area (Å²) in [4.78, 5) is 4.12. The van der Waals surface area contributed by atoms with Gasteiger partial charge in [-0.1, -0.05) is 17.7 Å². The van der Waals surface area contributed by atoms with E-state index in [0.29, 0.717) is 22.3 Å². The Bertz CT molecular complexity index is 514. The van der Waals surface area contributed by atoms with E-state index in [4.69, 9.17) is 22.1 Å². The first kappa shape index (κ1) is 10.8. The number of halogens is 1. The van der Waals surface area contributed by atoms with Gasteiger partial charge in [-0.2, -0.15) is 0 Å². The molecule has 0 bridgehead atoms. The van der Waals surface area contributed by atoms with Crippen LogP contribution in [0.25, 0.3) is 0 Å². The highest BCUT2D eigenvalue weighted by atomic mass is 35.5. The van der Waals surface area contributed by atoms with Crippen molar-refractivity contribution in [3.8, 4) is 11.6 Å². The van der Waals surface area contributed by atoms with Gasteiger partial charge in [0.15, 0.2) is 0 Å². The standard InChI is InChI=1S/C12H11ClN2O/c1-8-3-2-6-15-12(8)16-11-7-9(14)4-5-10(11)13/h2-7H,14H2,1H3. The molecule has 2 aromatic rings. The second-order valence-electron chi connectivity index (χ2n) is 3.42. The zero-order chi connectivity index (χ0) is 11.5. The van der Waals surface area contributed by atoms with Crippen LogP contribution in [0.2, 0.25) is 5.02 Å². The molecule has 0 aliphatic heterocycles. The van der Waals surface area contributed by atoms with Crippen LogP contribution in [0, 0.1) is 6.92 Å². The molecule has 2 N–H and O–H groups in total. The number of hydrogen-bond donors (Lipinski definition) is 1. The third kappa shape index (κ3) is 2.25. The first-order valence-electron chi connectivity index (χ1n) is 4.81. The van der Waals surface area contributed by atoms with Crippen molar-refractivity contribution >= 4 is 17.3 Å². The molecule has 0 spiro atoms. The Morgan fingerprint density at radius 1 is 1.31 bits per heavy atom. The molecule has 2 rings (SSSR count). The number of rotatable bonds is 2. The van der Waals surface area contributed by atoms with E-state index in [9.17, 15) is 0 Å². The molecule has 1 aromatic carbocycles. The summed E-state index contributed by atoms with van der Waals surface area (Å²) in [7, 11) is 0. The third-order valence-corrected chi connectivity index (χ3v) is 2.44. The zero-order valence-corrected chi connectivity index (χ0v) is 9.53. The Morgan fingerprint density at radius 2 is 2.12 bits per heavy atom. The fourth-order valence-corrected chi connectivity index (χ4v) is 1.44. The number of anilines is 1. The van der Waals surface area contributed by atoms with Crippen LogP contribution in [0.5, 0.6) is 11.6 Å². The topological polar surface area (TPSA) is 48.1 Å². The van der Waals surface area contributed by atoms with Gasteiger partial charge < -0.3 is 10.5 Å². The van der Waals surface area contributed by atoms with Crippen molar-refractivity contribution in [2.75, 3.05) is 5.73 Å². The second kappa shape index (κ2) is 4.41. The molecule has 3 nitrogen and oxygen atoms in total. The van der Waals surface area contributed by atoms with Gasteiger partial charge in [0.05, 0.1) is 5.02 Å². The maximum atomic E-state index is 5.99. The highest BCUT2D eigenvalue weighted by Crippen LogP contribution is 2.31. The number of pyridine rings is 1. The van der Waals surface area contributed by atoms with Gasteiger partial charge in [-0.15, -0.1) is 0 Å². The zero-order valence-electron chi connectivity index (χ0n) is 8.77. The molecule has 16 heavy (non-hydrogen) atoms. The molecule has 0 radical (unpaired) electrons. The van der Waals surface area contributed by atoms with Crippen molar-refractivity contribution < 1.29 is 4.74 Å². The van der Waals surface area contributed by atoms with Crippen LogP contribution in [-0.4, -0.2) is 4.98 Å². The Balaban J connectivity index is 2.34. The lowest BCUT2D eigenvalue weighted by Crippen LogP contribution is -1.92. The molecule has 0 saturated heterocycles. The van der Waals surface area contributed by atoms with E-state index >= 15 is 0 Å². The normalized spacial score (nSPS) is 10.1. The molecule has 1 heterocycles. The molecule has 4 heteroatoms. The average Bonchev–Trinajstić information content (AvgIpc) is 2.27. The molecule has 1 aromatic heterocycles. The molecule has 0 aliphatic carbocycles. The molecule has 0 atom stereocenters. The Labute approximate surface area is 98.8 Å². The van der Waals surface area contributed by atoms with Crippen molar-refractivity contribution in [2.45, 2.75) is 6.92 Å². The van der Waals surface area contributed by atoms with Gasteiger partial charge in [0.1, 0.15) is 5.75 Å². The van der Waals surface area contributed by atoms with E-state index < -0.39 is 0 Å².